The van der Waals surface area contributed by atoms with Crippen LogP contribution in [0, 0.1) is 17.8 Å². The summed E-state index contributed by atoms with van der Waals surface area (Å²) < 4.78 is 5.91. The molecule has 3 saturated heterocycles. The summed E-state index contributed by atoms with van der Waals surface area (Å²) in [6.07, 6.45) is 5.45. The predicted molar refractivity (Wildman–Crippen MR) is 70.7 cm³/mol. The van der Waals surface area contributed by atoms with E-state index < -0.39 is 17.4 Å². The average Bonchev–Trinajstić information content (AvgIpc) is 2.66. The van der Waals surface area contributed by atoms with Gasteiger partial charge in [0.1, 0.15) is 5.60 Å². The Morgan fingerprint density at radius 2 is 2.15 bits per heavy atom. The Bertz CT molecular complexity index is 386. The summed E-state index contributed by atoms with van der Waals surface area (Å²) in [7, 11) is 0. The van der Waals surface area contributed by atoms with E-state index >= 15 is 0 Å². The van der Waals surface area contributed by atoms with Gasteiger partial charge in [0.25, 0.3) is 0 Å². The smallest absolute Gasteiger partial charge is 0.306 e. The van der Waals surface area contributed by atoms with Crippen molar-refractivity contribution in [1.82, 2.24) is 0 Å². The average molecular weight is 284 g/mol. The van der Waals surface area contributed by atoms with E-state index in [0.717, 1.165) is 32.1 Å². The Balaban J connectivity index is 1.93. The highest BCUT2D eigenvalue weighted by Crippen LogP contribution is 2.53. The van der Waals surface area contributed by atoms with Crippen molar-refractivity contribution in [1.29, 1.82) is 0 Å². The molecule has 4 fully saturated rings. The number of aliphatic carboxylic acids is 1. The van der Waals surface area contributed by atoms with Crippen molar-refractivity contribution in [2.45, 2.75) is 63.8 Å². The van der Waals surface area contributed by atoms with Crippen LogP contribution in [-0.2, 0) is 19.3 Å². The second-order valence-electron chi connectivity index (χ2n) is 6.67. The second-order valence-corrected chi connectivity index (χ2v) is 6.67. The van der Waals surface area contributed by atoms with E-state index in [9.17, 15) is 9.90 Å². The van der Waals surface area contributed by atoms with Crippen molar-refractivity contribution in [3.05, 3.63) is 0 Å². The van der Waals surface area contributed by atoms with Gasteiger partial charge < -0.3 is 9.84 Å². The van der Waals surface area contributed by atoms with Crippen molar-refractivity contribution in [3.63, 3.8) is 0 Å². The van der Waals surface area contributed by atoms with Gasteiger partial charge in [-0.3, -0.25) is 4.79 Å². The molecule has 2 bridgehead atoms. The number of rotatable bonds is 3. The molecule has 5 nitrogen and oxygen atoms in total. The lowest BCUT2D eigenvalue weighted by Gasteiger charge is -2.51. The van der Waals surface area contributed by atoms with Crippen molar-refractivity contribution in [3.8, 4) is 0 Å². The monoisotopic (exact) mass is 284 g/mol. The summed E-state index contributed by atoms with van der Waals surface area (Å²) in [5.41, 5.74) is -0.562. The molecule has 5 atom stereocenters. The van der Waals surface area contributed by atoms with Gasteiger partial charge in [-0.25, -0.2) is 9.78 Å². The largest absolute Gasteiger partial charge is 0.481 e. The number of carboxylic acid groups (broad SMARTS) is 1. The van der Waals surface area contributed by atoms with Gasteiger partial charge >= 0.3 is 5.97 Å². The van der Waals surface area contributed by atoms with Crippen LogP contribution >= 0.6 is 0 Å². The summed E-state index contributed by atoms with van der Waals surface area (Å²) in [6, 6.07) is 0. The van der Waals surface area contributed by atoms with E-state index in [4.69, 9.17) is 14.5 Å². The van der Waals surface area contributed by atoms with Crippen molar-refractivity contribution in [2.75, 3.05) is 6.61 Å². The molecule has 20 heavy (non-hydrogen) atoms. The van der Waals surface area contributed by atoms with Crippen LogP contribution < -0.4 is 0 Å². The highest BCUT2D eigenvalue weighted by atomic mass is 17.2. The maximum Gasteiger partial charge on any atom is 0.306 e. The van der Waals surface area contributed by atoms with Gasteiger partial charge in [-0.15, -0.1) is 0 Å². The number of ether oxygens (including phenoxy) is 1. The van der Waals surface area contributed by atoms with Gasteiger partial charge in [0.05, 0.1) is 12.5 Å². The number of hydrogen-bond acceptors (Lipinski definition) is 4. The summed E-state index contributed by atoms with van der Waals surface area (Å²) in [5, 5.41) is 9.52. The lowest BCUT2D eigenvalue weighted by atomic mass is 9.62. The molecule has 1 spiro atoms. The number of carboxylic acids is 1. The van der Waals surface area contributed by atoms with Gasteiger partial charge in [-0.2, -0.15) is 0 Å². The molecule has 1 aliphatic carbocycles. The van der Waals surface area contributed by atoms with Crippen LogP contribution in [0.2, 0.25) is 0 Å². The molecule has 3 heterocycles. The Kier molecular flexibility index (Phi) is 3.55. The molecule has 1 N–H and O–H groups in total. The normalized spacial score (nSPS) is 45.5. The first-order valence-corrected chi connectivity index (χ1v) is 7.74. The van der Waals surface area contributed by atoms with Crippen molar-refractivity contribution in [2.24, 2.45) is 17.8 Å². The van der Waals surface area contributed by atoms with Gasteiger partial charge in [0.15, 0.2) is 5.79 Å². The van der Waals surface area contributed by atoms with E-state index in [2.05, 4.69) is 0 Å². The molecule has 0 aromatic heterocycles. The van der Waals surface area contributed by atoms with Crippen LogP contribution in [0.3, 0.4) is 0 Å². The highest BCUT2D eigenvalue weighted by Gasteiger charge is 2.60. The maximum absolute atomic E-state index is 11.6. The van der Waals surface area contributed by atoms with Crippen LogP contribution in [0.4, 0.5) is 0 Å². The van der Waals surface area contributed by atoms with Crippen LogP contribution in [-0.4, -0.2) is 29.1 Å². The molecule has 0 aromatic carbocycles. The standard InChI is InChI=1S/C15H24O5/c1-3-11(13(16)17)12-6-4-5-10-7-8-14(2)18-9-15(10,12)20-19-14/h10-12H,3-9H2,1-2H3,(H,16,17)/t10?,11-,12+,14+,15-/m1/s1. The molecule has 0 aromatic rings. The van der Waals surface area contributed by atoms with E-state index in [1.807, 2.05) is 13.8 Å². The Hall–Kier alpha value is -0.650. The van der Waals surface area contributed by atoms with Crippen LogP contribution in [0.1, 0.15) is 52.4 Å². The van der Waals surface area contributed by atoms with E-state index in [1.54, 1.807) is 0 Å². The Morgan fingerprint density at radius 1 is 1.35 bits per heavy atom. The zero-order valence-corrected chi connectivity index (χ0v) is 12.3. The highest BCUT2D eigenvalue weighted by molar-refractivity contribution is 5.70. The molecule has 4 aliphatic rings. The quantitative estimate of drug-likeness (QED) is 0.807. The fourth-order valence-corrected chi connectivity index (χ4v) is 4.32. The first kappa shape index (κ1) is 14.3. The van der Waals surface area contributed by atoms with Gasteiger partial charge in [-0.05, 0) is 38.5 Å². The third kappa shape index (κ3) is 2.07. The Labute approximate surface area is 119 Å². The fourth-order valence-electron chi connectivity index (χ4n) is 4.32. The molecule has 3 aliphatic heterocycles. The SMILES string of the molecule is CC[C@@H](C(=O)O)[C@@H]1CCCC2CC[C@@]3(C)OC[C@@]21OO3. The molecule has 0 amide bonds. The zero-order chi connectivity index (χ0) is 14.4. The fraction of sp³-hybridized carbons (Fsp3) is 0.933. The van der Waals surface area contributed by atoms with E-state index in [1.165, 1.54) is 0 Å². The van der Waals surface area contributed by atoms with E-state index in [0.29, 0.717) is 18.9 Å². The third-order valence-corrected chi connectivity index (χ3v) is 5.55. The second kappa shape index (κ2) is 4.97. The molecule has 114 valence electrons. The molecule has 1 unspecified atom stereocenters. The number of carbonyl (C=O) groups is 1. The predicted octanol–water partition coefficient (Wildman–Crippen LogP) is 2.74. The summed E-state index contributed by atoms with van der Waals surface area (Å²) in [5.74, 6) is -1.44. The third-order valence-electron chi connectivity index (χ3n) is 5.55. The van der Waals surface area contributed by atoms with Gasteiger partial charge in [-0.1, -0.05) is 13.3 Å². The minimum Gasteiger partial charge on any atom is -0.481 e. The lowest BCUT2D eigenvalue weighted by Crippen LogP contribution is -2.59. The van der Waals surface area contributed by atoms with Crippen molar-refractivity contribution < 1.29 is 24.4 Å². The minimum atomic E-state index is -0.728. The summed E-state index contributed by atoms with van der Waals surface area (Å²) >= 11 is 0. The number of hydrogen-bond donors (Lipinski definition) is 1. The first-order valence-electron chi connectivity index (χ1n) is 7.74. The topological polar surface area (TPSA) is 65.0 Å². The summed E-state index contributed by atoms with van der Waals surface area (Å²) in [4.78, 5) is 23.0. The lowest BCUT2D eigenvalue weighted by molar-refractivity contribution is -0.515. The van der Waals surface area contributed by atoms with Gasteiger partial charge in [0, 0.05) is 12.3 Å². The molecular weight excluding hydrogens is 260 g/mol. The molecule has 5 heteroatoms. The minimum absolute atomic E-state index is 0.0219. The Morgan fingerprint density at radius 3 is 2.75 bits per heavy atom. The first-order chi connectivity index (χ1) is 9.51. The molecule has 4 rings (SSSR count). The van der Waals surface area contributed by atoms with E-state index in [-0.39, 0.29) is 11.8 Å². The molecule has 0 radical (unpaired) electrons. The molecular formula is C15H24O5. The zero-order valence-electron chi connectivity index (χ0n) is 12.3. The van der Waals surface area contributed by atoms with Crippen LogP contribution in [0.15, 0.2) is 0 Å². The van der Waals surface area contributed by atoms with Gasteiger partial charge in [0.2, 0.25) is 0 Å². The van der Waals surface area contributed by atoms with Crippen LogP contribution in [0.5, 0.6) is 0 Å². The molecule has 1 saturated carbocycles. The number of fused-ring (bicyclic) bond motifs is 3. The maximum atomic E-state index is 11.6. The summed E-state index contributed by atoms with van der Waals surface area (Å²) in [6.45, 7) is 4.30. The van der Waals surface area contributed by atoms with Crippen molar-refractivity contribution >= 4 is 5.97 Å². The van der Waals surface area contributed by atoms with Crippen LogP contribution in [0.25, 0.3) is 0 Å².